The van der Waals surface area contributed by atoms with Crippen molar-refractivity contribution in [2.24, 2.45) is 5.73 Å². The molecule has 106 valence electrons. The minimum absolute atomic E-state index is 0.197. The first-order valence-electron chi connectivity index (χ1n) is 5.52. The Bertz CT molecular complexity index is 611. The third-order valence-electron chi connectivity index (χ3n) is 2.55. The zero-order valence-electron chi connectivity index (χ0n) is 10.1. The Hall–Kier alpha value is -2.09. The predicted octanol–water partition coefficient (Wildman–Crippen LogP) is 2.94. The van der Waals surface area contributed by atoms with Gasteiger partial charge in [0.2, 0.25) is 0 Å². The van der Waals surface area contributed by atoms with Crippen molar-refractivity contribution in [3.05, 3.63) is 47.3 Å². The lowest BCUT2D eigenvalue weighted by atomic mass is 10.1. The molecule has 1 aromatic carbocycles. The largest absolute Gasteiger partial charge is 0.417 e. The van der Waals surface area contributed by atoms with Crippen LogP contribution in [0.15, 0.2) is 35.0 Å². The molecule has 0 aliphatic rings. The molecule has 0 aliphatic carbocycles. The van der Waals surface area contributed by atoms with E-state index >= 15 is 0 Å². The van der Waals surface area contributed by atoms with Crippen molar-refractivity contribution in [2.75, 3.05) is 5.32 Å². The summed E-state index contributed by atoms with van der Waals surface area (Å²) in [6.45, 7) is 0.226. The van der Waals surface area contributed by atoms with Crippen LogP contribution >= 0.6 is 12.2 Å². The summed E-state index contributed by atoms with van der Waals surface area (Å²) in [5.41, 5.74) is 4.52. The molecule has 1 heterocycles. The number of nitrogens with two attached hydrogens (primary N) is 1. The fourth-order valence-electron chi connectivity index (χ4n) is 1.63. The van der Waals surface area contributed by atoms with E-state index in [1.165, 1.54) is 18.3 Å². The van der Waals surface area contributed by atoms with Crippen molar-refractivity contribution in [1.82, 2.24) is 5.16 Å². The Morgan fingerprint density at radius 3 is 2.65 bits per heavy atom. The molecular formula is C12H10F3N3OS. The molecule has 3 N–H and O–H groups in total. The van der Waals surface area contributed by atoms with Crippen molar-refractivity contribution in [3.8, 4) is 0 Å². The summed E-state index contributed by atoms with van der Waals surface area (Å²) in [6, 6.07) is 5.29. The van der Waals surface area contributed by atoms with E-state index in [-0.39, 0.29) is 22.8 Å². The van der Waals surface area contributed by atoms with E-state index in [4.69, 9.17) is 10.3 Å². The summed E-state index contributed by atoms with van der Waals surface area (Å²) in [6.07, 6.45) is -3.07. The first kappa shape index (κ1) is 14.3. The van der Waals surface area contributed by atoms with Gasteiger partial charge in [-0.1, -0.05) is 17.4 Å². The second-order valence-corrected chi connectivity index (χ2v) is 4.39. The predicted molar refractivity (Wildman–Crippen MR) is 71.2 cm³/mol. The van der Waals surface area contributed by atoms with Crippen molar-refractivity contribution < 1.29 is 17.7 Å². The van der Waals surface area contributed by atoms with Crippen LogP contribution in [0, 0.1) is 0 Å². The first-order valence-corrected chi connectivity index (χ1v) is 5.93. The maximum Gasteiger partial charge on any atom is 0.417 e. The van der Waals surface area contributed by atoms with Crippen LogP contribution in [0.25, 0.3) is 0 Å². The highest BCUT2D eigenvalue weighted by Gasteiger charge is 2.34. The van der Waals surface area contributed by atoms with Gasteiger partial charge in [-0.2, -0.15) is 13.2 Å². The quantitative estimate of drug-likeness (QED) is 0.850. The van der Waals surface area contributed by atoms with E-state index in [2.05, 4.69) is 22.7 Å². The summed E-state index contributed by atoms with van der Waals surface area (Å²) >= 11 is 4.63. The molecule has 0 unspecified atom stereocenters. The summed E-state index contributed by atoms with van der Waals surface area (Å²) < 4.78 is 43.6. The highest BCUT2D eigenvalue weighted by molar-refractivity contribution is 7.80. The van der Waals surface area contributed by atoms with Gasteiger partial charge in [-0.15, -0.1) is 0 Å². The van der Waals surface area contributed by atoms with Crippen LogP contribution in [0.5, 0.6) is 0 Å². The molecule has 0 aliphatic heterocycles. The molecule has 0 saturated heterocycles. The summed E-state index contributed by atoms with van der Waals surface area (Å²) in [5.74, 6) is 0.511. The second kappa shape index (κ2) is 5.49. The Morgan fingerprint density at radius 1 is 1.35 bits per heavy atom. The van der Waals surface area contributed by atoms with Gasteiger partial charge in [-0.05, 0) is 18.2 Å². The van der Waals surface area contributed by atoms with E-state index in [1.807, 2.05) is 0 Å². The van der Waals surface area contributed by atoms with Gasteiger partial charge in [0.1, 0.15) is 4.99 Å². The maximum absolute atomic E-state index is 12.9. The number of nitrogens with zero attached hydrogens (tertiary/aromatic N) is 1. The third kappa shape index (κ3) is 3.27. The highest BCUT2D eigenvalue weighted by atomic mass is 32.1. The zero-order chi connectivity index (χ0) is 14.8. The number of thiocarbonyl (C=S) groups is 1. The van der Waals surface area contributed by atoms with Gasteiger partial charge in [0.25, 0.3) is 0 Å². The second-order valence-electron chi connectivity index (χ2n) is 3.95. The van der Waals surface area contributed by atoms with Crippen molar-refractivity contribution in [1.29, 1.82) is 0 Å². The average Bonchev–Trinajstić information content (AvgIpc) is 2.88. The zero-order valence-corrected chi connectivity index (χ0v) is 10.9. The molecule has 2 aromatic rings. The van der Waals surface area contributed by atoms with E-state index in [0.29, 0.717) is 5.76 Å². The minimum Gasteiger partial charge on any atom is -0.389 e. The fraction of sp³-hybridized carbons (Fsp3) is 0.167. The average molecular weight is 301 g/mol. The number of hydrogen-bond donors (Lipinski definition) is 2. The normalized spacial score (nSPS) is 11.3. The molecule has 0 saturated carbocycles. The van der Waals surface area contributed by atoms with Gasteiger partial charge >= 0.3 is 6.18 Å². The van der Waals surface area contributed by atoms with Crippen LogP contribution in [-0.4, -0.2) is 10.1 Å². The topological polar surface area (TPSA) is 64.1 Å². The number of halogens is 3. The summed E-state index contributed by atoms with van der Waals surface area (Å²) in [7, 11) is 0. The number of aromatic nitrogens is 1. The minimum atomic E-state index is -4.53. The molecular weight excluding hydrogens is 291 g/mol. The lowest BCUT2D eigenvalue weighted by molar-refractivity contribution is -0.137. The van der Waals surface area contributed by atoms with Crippen LogP contribution in [-0.2, 0) is 12.7 Å². The van der Waals surface area contributed by atoms with Crippen molar-refractivity contribution in [3.63, 3.8) is 0 Å². The molecule has 0 amide bonds. The van der Waals surface area contributed by atoms with E-state index in [0.717, 1.165) is 6.07 Å². The Kier molecular flexibility index (Phi) is 3.93. The smallest absolute Gasteiger partial charge is 0.389 e. The molecule has 0 bridgehead atoms. The van der Waals surface area contributed by atoms with Crippen molar-refractivity contribution in [2.45, 2.75) is 12.7 Å². The lowest BCUT2D eigenvalue weighted by Gasteiger charge is -2.14. The van der Waals surface area contributed by atoms with Crippen LogP contribution in [0.4, 0.5) is 18.9 Å². The van der Waals surface area contributed by atoms with Crippen LogP contribution in [0.1, 0.15) is 16.9 Å². The van der Waals surface area contributed by atoms with E-state index < -0.39 is 11.7 Å². The fourth-order valence-corrected chi connectivity index (χ4v) is 1.80. The standard InChI is InChI=1S/C12H10F3N3OS/c13-12(14,15)10-5-7(1-2-9(10)11(16)20)17-6-8-3-4-18-19-8/h1-5,17H,6H2,(H2,16,20). The van der Waals surface area contributed by atoms with Crippen LogP contribution in [0.2, 0.25) is 0 Å². The first-order chi connectivity index (χ1) is 9.38. The molecule has 0 radical (unpaired) electrons. The van der Waals surface area contributed by atoms with Gasteiger partial charge in [0, 0.05) is 17.3 Å². The van der Waals surface area contributed by atoms with Gasteiger partial charge in [-0.3, -0.25) is 0 Å². The molecule has 20 heavy (non-hydrogen) atoms. The molecule has 2 rings (SSSR count). The van der Waals surface area contributed by atoms with Crippen LogP contribution < -0.4 is 11.1 Å². The molecule has 0 spiro atoms. The summed E-state index contributed by atoms with van der Waals surface area (Å²) in [4.78, 5) is -0.292. The molecule has 1 aromatic heterocycles. The number of hydrogen-bond acceptors (Lipinski definition) is 4. The Labute approximate surface area is 117 Å². The summed E-state index contributed by atoms with van der Waals surface area (Å²) in [5, 5.41) is 6.31. The van der Waals surface area contributed by atoms with E-state index in [9.17, 15) is 13.2 Å². The molecule has 0 atom stereocenters. The number of anilines is 1. The Morgan fingerprint density at radius 2 is 2.10 bits per heavy atom. The number of benzene rings is 1. The lowest BCUT2D eigenvalue weighted by Crippen LogP contribution is -2.18. The SMILES string of the molecule is NC(=S)c1ccc(NCc2ccno2)cc1C(F)(F)F. The van der Waals surface area contributed by atoms with Gasteiger partial charge in [0.05, 0.1) is 18.3 Å². The van der Waals surface area contributed by atoms with Gasteiger partial charge in [-0.25, -0.2) is 0 Å². The monoisotopic (exact) mass is 301 g/mol. The number of nitrogens with one attached hydrogen (secondary N) is 1. The maximum atomic E-state index is 12.9. The number of rotatable bonds is 4. The third-order valence-corrected chi connectivity index (χ3v) is 2.77. The highest BCUT2D eigenvalue weighted by Crippen LogP contribution is 2.33. The van der Waals surface area contributed by atoms with E-state index in [1.54, 1.807) is 6.07 Å². The molecule has 4 nitrogen and oxygen atoms in total. The van der Waals surface area contributed by atoms with Crippen LogP contribution in [0.3, 0.4) is 0 Å². The van der Waals surface area contributed by atoms with Gasteiger partial charge in [0.15, 0.2) is 5.76 Å². The molecule has 8 heteroatoms. The molecule has 0 fully saturated rings. The van der Waals surface area contributed by atoms with Gasteiger partial charge < -0.3 is 15.6 Å². The number of alkyl halides is 3. The Balaban J connectivity index is 2.25. The van der Waals surface area contributed by atoms with Crippen molar-refractivity contribution >= 4 is 22.9 Å².